The lowest BCUT2D eigenvalue weighted by Crippen LogP contribution is -2.56. The van der Waals surface area contributed by atoms with Gasteiger partial charge in [0.2, 0.25) is 5.91 Å². The smallest absolute Gasteiger partial charge is 0.237 e. The number of piperazine rings is 1. The first-order chi connectivity index (χ1) is 11.4. The number of nitrogens with one attached hydrogen (secondary N) is 1. The summed E-state index contributed by atoms with van der Waals surface area (Å²) < 4.78 is 5.30. The Labute approximate surface area is 146 Å². The second kappa shape index (κ2) is 7.88. The molecule has 1 aliphatic rings. The average Bonchev–Trinajstić information content (AvgIpc) is 2.61. The topological polar surface area (TPSA) is 44.8 Å². The molecule has 1 amide bonds. The average molecular weight is 333 g/mol. The van der Waals surface area contributed by atoms with E-state index in [1.165, 1.54) is 5.69 Å². The second-order valence-electron chi connectivity index (χ2n) is 7.13. The second-order valence-corrected chi connectivity index (χ2v) is 7.13. The van der Waals surface area contributed by atoms with Crippen molar-refractivity contribution >= 4 is 11.6 Å². The van der Waals surface area contributed by atoms with Gasteiger partial charge in [-0.25, -0.2) is 0 Å². The molecule has 1 aromatic carbocycles. The van der Waals surface area contributed by atoms with Crippen molar-refractivity contribution in [2.45, 2.75) is 45.7 Å². The van der Waals surface area contributed by atoms with Gasteiger partial charge in [-0.1, -0.05) is 13.0 Å². The summed E-state index contributed by atoms with van der Waals surface area (Å²) in [5.74, 6) is 1.00. The van der Waals surface area contributed by atoms with E-state index in [1.807, 2.05) is 19.1 Å². The van der Waals surface area contributed by atoms with Crippen LogP contribution in [-0.2, 0) is 4.79 Å². The van der Waals surface area contributed by atoms with Crippen LogP contribution in [0.4, 0.5) is 5.69 Å². The van der Waals surface area contributed by atoms with Gasteiger partial charge >= 0.3 is 0 Å². The predicted molar refractivity (Wildman–Crippen MR) is 98.8 cm³/mol. The molecule has 134 valence electrons. The summed E-state index contributed by atoms with van der Waals surface area (Å²) in [6.45, 7) is 11.8. The van der Waals surface area contributed by atoms with Gasteiger partial charge in [0, 0.05) is 43.5 Å². The Morgan fingerprint density at radius 3 is 2.54 bits per heavy atom. The van der Waals surface area contributed by atoms with E-state index in [0.717, 1.165) is 38.3 Å². The first kappa shape index (κ1) is 18.6. The van der Waals surface area contributed by atoms with Crippen molar-refractivity contribution < 1.29 is 9.53 Å². The van der Waals surface area contributed by atoms with Gasteiger partial charge in [0.05, 0.1) is 13.2 Å². The van der Waals surface area contributed by atoms with E-state index in [-0.39, 0.29) is 17.5 Å². The van der Waals surface area contributed by atoms with Crippen molar-refractivity contribution in [3.8, 4) is 5.75 Å². The molecule has 1 fully saturated rings. The fourth-order valence-corrected chi connectivity index (χ4v) is 2.87. The molecule has 1 heterocycles. The molecule has 0 aromatic heterocycles. The van der Waals surface area contributed by atoms with Crippen LogP contribution in [0.3, 0.4) is 0 Å². The summed E-state index contributed by atoms with van der Waals surface area (Å²) in [5, 5.41) is 3.15. The van der Waals surface area contributed by atoms with E-state index in [9.17, 15) is 4.79 Å². The van der Waals surface area contributed by atoms with E-state index in [4.69, 9.17) is 4.74 Å². The number of benzene rings is 1. The Morgan fingerprint density at radius 1 is 1.29 bits per heavy atom. The van der Waals surface area contributed by atoms with E-state index in [0.29, 0.717) is 0 Å². The zero-order valence-electron chi connectivity index (χ0n) is 15.6. The number of carbonyl (C=O) groups excluding carboxylic acids is 1. The van der Waals surface area contributed by atoms with Crippen molar-refractivity contribution in [1.29, 1.82) is 0 Å². The molecule has 0 spiro atoms. The number of methoxy groups -OCH3 is 1. The van der Waals surface area contributed by atoms with Crippen LogP contribution in [0.2, 0.25) is 0 Å². The number of ether oxygens (including phenoxy) is 1. The van der Waals surface area contributed by atoms with Crippen LogP contribution in [0, 0.1) is 0 Å². The lowest BCUT2D eigenvalue weighted by atomic mass is 10.0. The number of rotatable bonds is 6. The van der Waals surface area contributed by atoms with Crippen LogP contribution < -0.4 is 15.0 Å². The van der Waals surface area contributed by atoms with Crippen LogP contribution in [0.5, 0.6) is 5.75 Å². The molecule has 0 saturated carbocycles. The fourth-order valence-electron chi connectivity index (χ4n) is 2.87. The predicted octanol–water partition coefficient (Wildman–Crippen LogP) is 2.51. The molecule has 2 rings (SSSR count). The van der Waals surface area contributed by atoms with E-state index >= 15 is 0 Å². The molecular weight excluding hydrogens is 302 g/mol. The van der Waals surface area contributed by atoms with Crippen molar-refractivity contribution in [3.63, 3.8) is 0 Å². The number of anilines is 1. The highest BCUT2D eigenvalue weighted by Gasteiger charge is 2.28. The number of hydrogen-bond acceptors (Lipinski definition) is 4. The van der Waals surface area contributed by atoms with Crippen LogP contribution in [0.1, 0.15) is 34.1 Å². The molecule has 5 heteroatoms. The number of hydrogen-bond donors (Lipinski definition) is 1. The molecule has 1 N–H and O–H groups in total. The minimum atomic E-state index is -0.145. The van der Waals surface area contributed by atoms with E-state index in [2.05, 4.69) is 48.0 Å². The quantitative estimate of drug-likeness (QED) is 0.869. The minimum absolute atomic E-state index is 0.0942. The first-order valence-corrected chi connectivity index (χ1v) is 8.81. The zero-order chi connectivity index (χ0) is 17.7. The first-order valence-electron chi connectivity index (χ1n) is 8.81. The molecule has 1 unspecified atom stereocenters. The van der Waals surface area contributed by atoms with Gasteiger partial charge in [0.15, 0.2) is 0 Å². The Balaban J connectivity index is 1.91. The van der Waals surface area contributed by atoms with Crippen molar-refractivity contribution in [2.75, 3.05) is 38.2 Å². The molecule has 1 aliphatic heterocycles. The van der Waals surface area contributed by atoms with E-state index < -0.39 is 0 Å². The number of nitrogens with zero attached hydrogens (tertiary/aromatic N) is 2. The van der Waals surface area contributed by atoms with Crippen molar-refractivity contribution in [1.82, 2.24) is 10.2 Å². The van der Waals surface area contributed by atoms with Gasteiger partial charge in [0.25, 0.3) is 0 Å². The molecule has 24 heavy (non-hydrogen) atoms. The molecular formula is C19H31N3O2. The van der Waals surface area contributed by atoms with Crippen LogP contribution >= 0.6 is 0 Å². The van der Waals surface area contributed by atoms with Crippen LogP contribution in [0.25, 0.3) is 0 Å². The molecule has 1 aromatic rings. The minimum Gasteiger partial charge on any atom is -0.497 e. The third-order valence-electron chi connectivity index (χ3n) is 5.01. The fraction of sp³-hybridized carbons (Fsp3) is 0.632. The van der Waals surface area contributed by atoms with Gasteiger partial charge in [0.1, 0.15) is 5.75 Å². The number of carbonyl (C=O) groups is 1. The highest BCUT2D eigenvalue weighted by Crippen LogP contribution is 2.22. The van der Waals surface area contributed by atoms with Gasteiger partial charge < -0.3 is 15.0 Å². The maximum absolute atomic E-state index is 12.5. The van der Waals surface area contributed by atoms with Gasteiger partial charge in [-0.2, -0.15) is 0 Å². The highest BCUT2D eigenvalue weighted by atomic mass is 16.5. The molecule has 0 aliphatic carbocycles. The molecule has 1 atom stereocenters. The summed E-state index contributed by atoms with van der Waals surface area (Å²) in [4.78, 5) is 17.1. The summed E-state index contributed by atoms with van der Waals surface area (Å²) in [6, 6.07) is 8.06. The molecule has 0 bridgehead atoms. The molecule has 5 nitrogen and oxygen atoms in total. The highest BCUT2D eigenvalue weighted by molar-refractivity contribution is 5.82. The molecule has 1 saturated heterocycles. The van der Waals surface area contributed by atoms with Crippen molar-refractivity contribution in [3.05, 3.63) is 24.3 Å². The SMILES string of the molecule is CCC(C)(C)NC(=O)C(C)N1CCN(c2cccc(OC)c2)CC1. The Hall–Kier alpha value is -1.75. The van der Waals surface area contributed by atoms with Crippen molar-refractivity contribution in [2.24, 2.45) is 0 Å². The summed E-state index contributed by atoms with van der Waals surface area (Å²) in [6.07, 6.45) is 0.926. The zero-order valence-corrected chi connectivity index (χ0v) is 15.6. The number of amides is 1. The maximum atomic E-state index is 12.5. The summed E-state index contributed by atoms with van der Waals surface area (Å²) >= 11 is 0. The van der Waals surface area contributed by atoms with Gasteiger partial charge in [-0.3, -0.25) is 9.69 Å². The third-order valence-corrected chi connectivity index (χ3v) is 5.01. The van der Waals surface area contributed by atoms with Crippen LogP contribution in [-0.4, -0.2) is 55.7 Å². The molecule has 0 radical (unpaired) electrons. The van der Waals surface area contributed by atoms with Gasteiger partial charge in [-0.05, 0) is 39.3 Å². The Bertz CT molecular complexity index is 551. The lowest BCUT2D eigenvalue weighted by molar-refractivity contribution is -0.127. The van der Waals surface area contributed by atoms with Gasteiger partial charge in [-0.15, -0.1) is 0 Å². The largest absolute Gasteiger partial charge is 0.497 e. The Kier molecular flexibility index (Phi) is 6.10. The monoisotopic (exact) mass is 333 g/mol. The maximum Gasteiger partial charge on any atom is 0.237 e. The summed E-state index contributed by atoms with van der Waals surface area (Å²) in [5.41, 5.74) is 1.03. The van der Waals surface area contributed by atoms with E-state index in [1.54, 1.807) is 7.11 Å². The standard InChI is InChI=1S/C19H31N3O2/c1-6-19(3,4)20-18(23)15(2)21-10-12-22(13-11-21)16-8-7-9-17(14-16)24-5/h7-9,14-15H,6,10-13H2,1-5H3,(H,20,23). The third kappa shape index (κ3) is 4.63. The summed E-state index contributed by atoms with van der Waals surface area (Å²) in [7, 11) is 1.69. The normalized spacial score (nSPS) is 17.5. The van der Waals surface area contributed by atoms with Crippen LogP contribution in [0.15, 0.2) is 24.3 Å². The Morgan fingerprint density at radius 2 is 1.96 bits per heavy atom. The lowest BCUT2D eigenvalue weighted by Gasteiger charge is -2.39.